The lowest BCUT2D eigenvalue weighted by Crippen LogP contribution is -2.22. The summed E-state index contributed by atoms with van der Waals surface area (Å²) < 4.78 is 3.82. The van der Waals surface area contributed by atoms with Crippen molar-refractivity contribution < 1.29 is 0 Å². The van der Waals surface area contributed by atoms with Crippen LogP contribution >= 0.6 is 10.2 Å². The standard InChI is InChI=1S/C12H16N2S/c1-15-6-5-9(8-13)7-12(15)10-3-2-4-11(10)14-15/h5-7,10-12,14H,2-4H2,1H3. The molecule has 0 aromatic carbocycles. The lowest BCUT2D eigenvalue weighted by Gasteiger charge is -2.37. The average molecular weight is 220 g/mol. The molecule has 2 heterocycles. The molecule has 80 valence electrons. The molecule has 0 spiro atoms. The molecule has 1 saturated heterocycles. The van der Waals surface area contributed by atoms with Gasteiger partial charge in [-0.3, -0.25) is 4.72 Å². The molecule has 1 N–H and O–H groups in total. The molecule has 0 aromatic rings. The maximum atomic E-state index is 8.95. The van der Waals surface area contributed by atoms with E-state index in [1.807, 2.05) is 6.08 Å². The third-order valence-corrected chi connectivity index (χ3v) is 7.09. The van der Waals surface area contributed by atoms with Gasteiger partial charge in [-0.1, -0.05) is 12.5 Å². The van der Waals surface area contributed by atoms with Crippen molar-refractivity contribution in [2.45, 2.75) is 30.6 Å². The van der Waals surface area contributed by atoms with Gasteiger partial charge in [0.05, 0.1) is 6.07 Å². The Labute approximate surface area is 92.5 Å². The Morgan fingerprint density at radius 2 is 2.40 bits per heavy atom. The molecule has 3 aliphatic rings. The maximum Gasteiger partial charge on any atom is 0.0988 e. The quantitative estimate of drug-likeness (QED) is 0.680. The fourth-order valence-electron chi connectivity index (χ4n) is 3.21. The number of nitrogens with one attached hydrogen (secondary N) is 1. The number of hydrogen-bond acceptors (Lipinski definition) is 2. The summed E-state index contributed by atoms with van der Waals surface area (Å²) in [6, 6.07) is 2.99. The van der Waals surface area contributed by atoms with Gasteiger partial charge in [0.25, 0.3) is 0 Å². The van der Waals surface area contributed by atoms with E-state index in [2.05, 4.69) is 28.5 Å². The largest absolute Gasteiger partial charge is 0.274 e. The van der Waals surface area contributed by atoms with Gasteiger partial charge in [-0.05, 0) is 36.5 Å². The SMILES string of the molecule is CS12C=CC(C#N)=CC1C1CCCC1N2. The predicted molar refractivity (Wildman–Crippen MR) is 64.4 cm³/mol. The van der Waals surface area contributed by atoms with Crippen molar-refractivity contribution in [2.24, 2.45) is 5.92 Å². The normalized spacial score (nSPS) is 51.2. The number of nitrogens with zero attached hydrogens (tertiary/aromatic N) is 1. The van der Waals surface area contributed by atoms with E-state index in [9.17, 15) is 0 Å². The predicted octanol–water partition coefficient (Wildman–Crippen LogP) is 2.45. The van der Waals surface area contributed by atoms with Crippen LogP contribution in [0.1, 0.15) is 19.3 Å². The van der Waals surface area contributed by atoms with E-state index in [-0.39, 0.29) is 0 Å². The zero-order valence-electron chi connectivity index (χ0n) is 8.94. The van der Waals surface area contributed by atoms with Crippen LogP contribution < -0.4 is 4.72 Å². The van der Waals surface area contributed by atoms with E-state index in [1.54, 1.807) is 0 Å². The first-order valence-electron chi connectivity index (χ1n) is 5.57. The van der Waals surface area contributed by atoms with Crippen LogP contribution in [-0.2, 0) is 0 Å². The Bertz CT molecular complexity index is 393. The molecule has 2 nitrogen and oxygen atoms in total. The van der Waals surface area contributed by atoms with E-state index in [1.165, 1.54) is 19.3 Å². The third-order valence-electron chi connectivity index (χ3n) is 3.97. The lowest BCUT2D eigenvalue weighted by atomic mass is 9.98. The van der Waals surface area contributed by atoms with Gasteiger partial charge in [-0.15, -0.1) is 0 Å². The van der Waals surface area contributed by atoms with Gasteiger partial charge in [0.15, 0.2) is 0 Å². The number of hydrogen-bond donors (Lipinski definition) is 1. The highest BCUT2D eigenvalue weighted by atomic mass is 32.3. The van der Waals surface area contributed by atoms with E-state index in [0.29, 0.717) is 11.3 Å². The third kappa shape index (κ3) is 1.28. The second kappa shape index (κ2) is 3.13. The fraction of sp³-hybridized carbons (Fsp3) is 0.583. The molecule has 15 heavy (non-hydrogen) atoms. The molecule has 0 bridgehead atoms. The highest BCUT2D eigenvalue weighted by Crippen LogP contribution is 2.61. The van der Waals surface area contributed by atoms with Gasteiger partial charge >= 0.3 is 0 Å². The topological polar surface area (TPSA) is 35.8 Å². The molecule has 0 amide bonds. The Morgan fingerprint density at radius 1 is 1.53 bits per heavy atom. The van der Waals surface area contributed by atoms with Crippen molar-refractivity contribution in [3.05, 3.63) is 23.1 Å². The van der Waals surface area contributed by atoms with Crippen molar-refractivity contribution in [2.75, 3.05) is 6.26 Å². The summed E-state index contributed by atoms with van der Waals surface area (Å²) in [6.45, 7) is 0. The summed E-state index contributed by atoms with van der Waals surface area (Å²) >= 11 is 0. The van der Waals surface area contributed by atoms with Gasteiger partial charge in [0, 0.05) is 16.9 Å². The van der Waals surface area contributed by atoms with Crippen LogP contribution in [0.2, 0.25) is 0 Å². The van der Waals surface area contributed by atoms with Crippen molar-refractivity contribution >= 4 is 10.2 Å². The molecular weight excluding hydrogens is 204 g/mol. The molecule has 0 aromatic heterocycles. The fourth-order valence-corrected chi connectivity index (χ4v) is 6.49. The first kappa shape index (κ1) is 9.50. The minimum Gasteiger partial charge on any atom is -0.274 e. The van der Waals surface area contributed by atoms with Crippen LogP contribution in [0.5, 0.6) is 0 Å². The highest BCUT2D eigenvalue weighted by molar-refractivity contribution is 8.34. The molecule has 2 fully saturated rings. The molecule has 4 unspecified atom stereocenters. The Hall–Kier alpha value is -0.720. The number of nitriles is 1. The van der Waals surface area contributed by atoms with Crippen LogP contribution in [0.15, 0.2) is 23.1 Å². The molecular formula is C12H16N2S. The second-order valence-corrected chi connectivity index (χ2v) is 8.01. The molecule has 0 radical (unpaired) electrons. The van der Waals surface area contributed by atoms with E-state index >= 15 is 0 Å². The highest BCUT2D eigenvalue weighted by Gasteiger charge is 2.47. The van der Waals surface area contributed by atoms with E-state index in [4.69, 9.17) is 5.26 Å². The number of allylic oxidation sites excluding steroid dienone is 2. The summed E-state index contributed by atoms with van der Waals surface area (Å²) in [4.78, 5) is 0. The first-order valence-corrected chi connectivity index (χ1v) is 7.74. The minimum atomic E-state index is -0.806. The monoisotopic (exact) mass is 220 g/mol. The van der Waals surface area contributed by atoms with Crippen LogP contribution in [0.25, 0.3) is 0 Å². The average Bonchev–Trinajstić information content (AvgIpc) is 2.74. The molecule has 1 saturated carbocycles. The smallest absolute Gasteiger partial charge is 0.0988 e. The van der Waals surface area contributed by atoms with E-state index in [0.717, 1.165) is 11.5 Å². The van der Waals surface area contributed by atoms with Gasteiger partial charge in [-0.25, -0.2) is 0 Å². The molecule has 3 rings (SSSR count). The Balaban J connectivity index is 1.98. The maximum absolute atomic E-state index is 8.95. The zero-order chi connectivity index (χ0) is 10.5. The van der Waals surface area contributed by atoms with Gasteiger partial charge < -0.3 is 0 Å². The van der Waals surface area contributed by atoms with Crippen LogP contribution in [0.3, 0.4) is 0 Å². The van der Waals surface area contributed by atoms with Crippen molar-refractivity contribution in [3.63, 3.8) is 0 Å². The van der Waals surface area contributed by atoms with Crippen molar-refractivity contribution in [1.29, 1.82) is 5.26 Å². The molecule has 3 heteroatoms. The summed E-state index contributed by atoms with van der Waals surface area (Å²) in [6.07, 6.45) is 10.6. The van der Waals surface area contributed by atoms with Gasteiger partial charge in [-0.2, -0.15) is 15.5 Å². The molecule has 4 atom stereocenters. The van der Waals surface area contributed by atoms with Crippen molar-refractivity contribution in [3.8, 4) is 6.07 Å². The van der Waals surface area contributed by atoms with Crippen LogP contribution in [0.4, 0.5) is 0 Å². The molecule has 1 aliphatic carbocycles. The summed E-state index contributed by atoms with van der Waals surface area (Å²) in [5, 5.41) is 11.8. The summed E-state index contributed by atoms with van der Waals surface area (Å²) in [7, 11) is -0.806. The second-order valence-electron chi connectivity index (χ2n) is 4.87. The summed E-state index contributed by atoms with van der Waals surface area (Å²) in [5.41, 5.74) is 0.860. The van der Waals surface area contributed by atoms with Crippen LogP contribution in [-0.4, -0.2) is 17.5 Å². The van der Waals surface area contributed by atoms with Gasteiger partial charge in [0.2, 0.25) is 0 Å². The Morgan fingerprint density at radius 3 is 3.20 bits per heavy atom. The van der Waals surface area contributed by atoms with E-state index < -0.39 is 10.2 Å². The van der Waals surface area contributed by atoms with Crippen molar-refractivity contribution in [1.82, 2.24) is 4.72 Å². The van der Waals surface area contributed by atoms with Crippen LogP contribution in [0, 0.1) is 17.2 Å². The zero-order valence-corrected chi connectivity index (χ0v) is 9.76. The summed E-state index contributed by atoms with van der Waals surface area (Å²) in [5.74, 6) is 0.790. The van der Waals surface area contributed by atoms with Gasteiger partial charge in [0.1, 0.15) is 0 Å². The minimum absolute atomic E-state index is 0.615. The number of fused-ring (bicyclic) bond motifs is 3. The Kier molecular flexibility index (Phi) is 1.99. The molecule has 2 aliphatic heterocycles. The number of rotatable bonds is 0. The lowest BCUT2D eigenvalue weighted by molar-refractivity contribution is 0.506. The first-order chi connectivity index (χ1) is 7.23.